The van der Waals surface area contributed by atoms with Crippen molar-refractivity contribution in [3.63, 3.8) is 0 Å². The van der Waals surface area contributed by atoms with Crippen LogP contribution in [0.4, 0.5) is 9.52 Å². The lowest BCUT2D eigenvalue weighted by molar-refractivity contribution is 0.0739. The highest BCUT2D eigenvalue weighted by Crippen LogP contribution is 2.18. The SMILES string of the molecule is COCCN(C)C(=O)c1csc(NC(=O)c2cccc(F)c2)n1. The molecule has 0 bridgehead atoms. The van der Waals surface area contributed by atoms with Crippen molar-refractivity contribution in [2.75, 3.05) is 32.6 Å². The number of hydrogen-bond acceptors (Lipinski definition) is 5. The van der Waals surface area contributed by atoms with E-state index in [1.807, 2.05) is 0 Å². The van der Waals surface area contributed by atoms with E-state index >= 15 is 0 Å². The number of benzene rings is 1. The molecule has 6 nitrogen and oxygen atoms in total. The first-order valence-corrected chi connectivity index (χ1v) is 7.66. The van der Waals surface area contributed by atoms with Gasteiger partial charge in [0.15, 0.2) is 5.13 Å². The lowest BCUT2D eigenvalue weighted by Crippen LogP contribution is -2.30. The predicted molar refractivity (Wildman–Crippen MR) is 85.3 cm³/mol. The number of likely N-dealkylation sites (N-methyl/N-ethyl adjacent to an activating group) is 1. The van der Waals surface area contributed by atoms with Crippen LogP contribution in [0.5, 0.6) is 0 Å². The minimum atomic E-state index is -0.493. The molecule has 8 heteroatoms. The zero-order valence-electron chi connectivity index (χ0n) is 12.7. The smallest absolute Gasteiger partial charge is 0.273 e. The molecule has 1 aromatic carbocycles. The van der Waals surface area contributed by atoms with Crippen LogP contribution in [-0.2, 0) is 4.74 Å². The van der Waals surface area contributed by atoms with Crippen molar-refractivity contribution in [2.24, 2.45) is 0 Å². The number of nitrogens with zero attached hydrogens (tertiary/aromatic N) is 2. The minimum Gasteiger partial charge on any atom is -0.383 e. The second kappa shape index (κ2) is 7.80. The number of hydrogen-bond donors (Lipinski definition) is 1. The Labute approximate surface area is 136 Å². The van der Waals surface area contributed by atoms with E-state index in [-0.39, 0.29) is 22.3 Å². The van der Waals surface area contributed by atoms with Gasteiger partial charge in [-0.3, -0.25) is 14.9 Å². The van der Waals surface area contributed by atoms with Crippen LogP contribution in [0.3, 0.4) is 0 Å². The number of thiazole rings is 1. The first-order chi connectivity index (χ1) is 11.0. The van der Waals surface area contributed by atoms with Crippen molar-refractivity contribution >= 4 is 28.3 Å². The number of carbonyl (C=O) groups is 2. The number of aromatic nitrogens is 1. The number of amides is 2. The fraction of sp³-hybridized carbons (Fsp3) is 0.267. The number of ether oxygens (including phenoxy) is 1. The maximum atomic E-state index is 13.1. The minimum absolute atomic E-state index is 0.185. The van der Waals surface area contributed by atoms with Crippen LogP contribution < -0.4 is 5.32 Å². The monoisotopic (exact) mass is 337 g/mol. The second-order valence-electron chi connectivity index (χ2n) is 4.72. The third-order valence-electron chi connectivity index (χ3n) is 3.01. The van der Waals surface area contributed by atoms with Gasteiger partial charge in [0.1, 0.15) is 11.5 Å². The molecule has 122 valence electrons. The number of methoxy groups -OCH3 is 1. The topological polar surface area (TPSA) is 71.5 Å². The standard InChI is InChI=1S/C15H16FN3O3S/c1-19(6-7-22-2)14(21)12-9-23-15(17-12)18-13(20)10-4-3-5-11(16)8-10/h3-5,8-9H,6-7H2,1-2H3,(H,17,18,20). The summed E-state index contributed by atoms with van der Waals surface area (Å²) >= 11 is 1.13. The molecule has 0 aliphatic heterocycles. The van der Waals surface area contributed by atoms with Crippen molar-refractivity contribution in [3.05, 3.63) is 46.7 Å². The zero-order chi connectivity index (χ0) is 16.8. The largest absolute Gasteiger partial charge is 0.383 e. The molecule has 0 saturated carbocycles. The van der Waals surface area contributed by atoms with Crippen LogP contribution in [0.2, 0.25) is 0 Å². The predicted octanol–water partition coefficient (Wildman–Crippen LogP) is 2.25. The van der Waals surface area contributed by atoms with E-state index in [9.17, 15) is 14.0 Å². The Morgan fingerprint density at radius 3 is 2.91 bits per heavy atom. The average Bonchev–Trinajstić information content (AvgIpc) is 3.00. The molecule has 0 aliphatic rings. The number of anilines is 1. The highest BCUT2D eigenvalue weighted by molar-refractivity contribution is 7.14. The highest BCUT2D eigenvalue weighted by Gasteiger charge is 2.16. The highest BCUT2D eigenvalue weighted by atomic mass is 32.1. The Hall–Kier alpha value is -2.32. The first-order valence-electron chi connectivity index (χ1n) is 6.78. The number of rotatable bonds is 6. The van der Waals surface area contributed by atoms with E-state index < -0.39 is 11.7 Å². The molecule has 0 unspecified atom stereocenters. The molecule has 0 atom stereocenters. The zero-order valence-corrected chi connectivity index (χ0v) is 13.5. The summed E-state index contributed by atoms with van der Waals surface area (Å²) < 4.78 is 18.0. The molecule has 0 spiro atoms. The van der Waals surface area contributed by atoms with Gasteiger partial charge in [-0.2, -0.15) is 0 Å². The Morgan fingerprint density at radius 1 is 1.43 bits per heavy atom. The van der Waals surface area contributed by atoms with E-state index in [0.29, 0.717) is 13.2 Å². The molecule has 2 amide bonds. The van der Waals surface area contributed by atoms with Crippen LogP contribution >= 0.6 is 11.3 Å². The van der Waals surface area contributed by atoms with E-state index in [4.69, 9.17) is 4.74 Å². The van der Waals surface area contributed by atoms with Gasteiger partial charge in [-0.05, 0) is 18.2 Å². The second-order valence-corrected chi connectivity index (χ2v) is 5.58. The molecule has 2 aromatic rings. The van der Waals surface area contributed by atoms with Gasteiger partial charge >= 0.3 is 0 Å². The van der Waals surface area contributed by atoms with Gasteiger partial charge in [0.2, 0.25) is 0 Å². The van der Waals surface area contributed by atoms with E-state index in [1.54, 1.807) is 19.5 Å². The van der Waals surface area contributed by atoms with Crippen molar-refractivity contribution in [3.8, 4) is 0 Å². The molecular formula is C15H16FN3O3S. The van der Waals surface area contributed by atoms with Crippen molar-refractivity contribution in [1.29, 1.82) is 0 Å². The Morgan fingerprint density at radius 2 is 2.22 bits per heavy atom. The van der Waals surface area contributed by atoms with Crippen LogP contribution in [-0.4, -0.2) is 49.0 Å². The van der Waals surface area contributed by atoms with E-state index in [1.165, 1.54) is 23.1 Å². The molecule has 0 saturated heterocycles. The van der Waals surface area contributed by atoms with Gasteiger partial charge in [0.25, 0.3) is 11.8 Å². The lowest BCUT2D eigenvalue weighted by atomic mass is 10.2. The number of carbonyl (C=O) groups excluding carboxylic acids is 2. The van der Waals surface area contributed by atoms with Gasteiger partial charge in [-0.15, -0.1) is 11.3 Å². The summed E-state index contributed by atoms with van der Waals surface area (Å²) in [4.78, 5) is 29.7. The van der Waals surface area contributed by atoms with Crippen LogP contribution in [0, 0.1) is 5.82 Å². The van der Waals surface area contributed by atoms with E-state index in [0.717, 1.165) is 17.4 Å². The number of nitrogens with one attached hydrogen (secondary N) is 1. The van der Waals surface area contributed by atoms with Crippen molar-refractivity contribution in [2.45, 2.75) is 0 Å². The lowest BCUT2D eigenvalue weighted by Gasteiger charge is -2.14. The molecule has 0 aliphatic carbocycles. The Bertz CT molecular complexity index is 705. The first kappa shape index (κ1) is 17.0. The molecule has 1 N–H and O–H groups in total. The molecular weight excluding hydrogens is 321 g/mol. The van der Waals surface area contributed by atoms with Crippen LogP contribution in [0.15, 0.2) is 29.6 Å². The number of halogens is 1. The quantitative estimate of drug-likeness (QED) is 0.878. The van der Waals surface area contributed by atoms with Gasteiger partial charge in [0.05, 0.1) is 6.61 Å². The van der Waals surface area contributed by atoms with Crippen molar-refractivity contribution in [1.82, 2.24) is 9.88 Å². The van der Waals surface area contributed by atoms with Gasteiger partial charge in [0, 0.05) is 31.6 Å². The summed E-state index contributed by atoms with van der Waals surface area (Å²) in [6.07, 6.45) is 0. The molecule has 1 aromatic heterocycles. The Kier molecular flexibility index (Phi) is 5.78. The molecule has 2 rings (SSSR count). The fourth-order valence-corrected chi connectivity index (χ4v) is 2.43. The summed E-state index contributed by atoms with van der Waals surface area (Å²) in [6, 6.07) is 5.34. The molecule has 1 heterocycles. The summed E-state index contributed by atoms with van der Waals surface area (Å²) in [5.74, 6) is -1.23. The van der Waals surface area contributed by atoms with Crippen LogP contribution in [0.1, 0.15) is 20.8 Å². The van der Waals surface area contributed by atoms with Gasteiger partial charge < -0.3 is 9.64 Å². The third kappa shape index (κ3) is 4.57. The maximum absolute atomic E-state index is 13.1. The summed E-state index contributed by atoms with van der Waals surface area (Å²) in [7, 11) is 3.20. The van der Waals surface area contributed by atoms with Gasteiger partial charge in [-0.1, -0.05) is 6.07 Å². The normalized spacial score (nSPS) is 10.4. The van der Waals surface area contributed by atoms with E-state index in [2.05, 4.69) is 10.3 Å². The molecule has 0 radical (unpaired) electrons. The maximum Gasteiger partial charge on any atom is 0.273 e. The van der Waals surface area contributed by atoms with Crippen molar-refractivity contribution < 1.29 is 18.7 Å². The average molecular weight is 337 g/mol. The molecule has 0 fully saturated rings. The summed E-state index contributed by atoms with van der Waals surface area (Å²) in [6.45, 7) is 0.868. The fourth-order valence-electron chi connectivity index (χ4n) is 1.75. The summed E-state index contributed by atoms with van der Waals surface area (Å²) in [5.41, 5.74) is 0.424. The summed E-state index contributed by atoms with van der Waals surface area (Å²) in [5, 5.41) is 4.39. The molecule has 23 heavy (non-hydrogen) atoms. The Balaban J connectivity index is 2.02. The van der Waals surface area contributed by atoms with Gasteiger partial charge in [-0.25, -0.2) is 9.37 Å². The van der Waals surface area contributed by atoms with Crippen LogP contribution in [0.25, 0.3) is 0 Å². The third-order valence-corrected chi connectivity index (χ3v) is 3.77.